The van der Waals surface area contributed by atoms with E-state index in [1.165, 1.54) is 6.20 Å². The van der Waals surface area contributed by atoms with E-state index in [1.54, 1.807) is 18.3 Å². The van der Waals surface area contributed by atoms with E-state index in [0.717, 1.165) is 17.0 Å². The van der Waals surface area contributed by atoms with Crippen molar-refractivity contribution in [1.82, 2.24) is 4.98 Å². The average Bonchev–Trinajstić information content (AvgIpc) is 2.43. The predicted molar refractivity (Wildman–Crippen MR) is 74.5 cm³/mol. The molecule has 1 amide bonds. The van der Waals surface area contributed by atoms with Crippen molar-refractivity contribution < 1.29 is 9.53 Å². The Labute approximate surface area is 112 Å². The summed E-state index contributed by atoms with van der Waals surface area (Å²) in [5.74, 6) is 0.665. The smallest absolute Gasteiger partial charge is 0.257 e. The number of amides is 1. The predicted octanol–water partition coefficient (Wildman–Crippen LogP) is 3.04. The van der Waals surface area contributed by atoms with Gasteiger partial charge in [0.15, 0.2) is 0 Å². The van der Waals surface area contributed by atoms with E-state index in [9.17, 15) is 4.79 Å². The van der Waals surface area contributed by atoms with Gasteiger partial charge in [-0.25, -0.2) is 0 Å². The van der Waals surface area contributed by atoms with Gasteiger partial charge >= 0.3 is 0 Å². The lowest BCUT2D eigenvalue weighted by Gasteiger charge is -2.10. The van der Waals surface area contributed by atoms with Crippen LogP contribution in [-0.4, -0.2) is 17.5 Å². The summed E-state index contributed by atoms with van der Waals surface area (Å²) >= 11 is 0. The van der Waals surface area contributed by atoms with Gasteiger partial charge in [-0.1, -0.05) is 0 Å². The molecule has 1 aromatic carbocycles. The Bertz CT molecular complexity index is 568. The summed E-state index contributed by atoms with van der Waals surface area (Å²) in [6.45, 7) is 4.52. The molecule has 0 unspecified atom stereocenters. The van der Waals surface area contributed by atoms with Gasteiger partial charge in [0.1, 0.15) is 5.75 Å². The number of carbonyl (C=O) groups is 1. The second-order valence-electron chi connectivity index (χ2n) is 4.11. The molecule has 0 aliphatic carbocycles. The summed E-state index contributed by atoms with van der Waals surface area (Å²) in [4.78, 5) is 15.9. The molecule has 0 bridgehead atoms. The first-order valence-electron chi connectivity index (χ1n) is 6.15. The van der Waals surface area contributed by atoms with Crippen LogP contribution in [0.4, 0.5) is 5.69 Å². The zero-order chi connectivity index (χ0) is 13.7. The van der Waals surface area contributed by atoms with Crippen molar-refractivity contribution in [2.24, 2.45) is 0 Å². The number of nitrogens with one attached hydrogen (secondary N) is 1. The van der Waals surface area contributed by atoms with Crippen molar-refractivity contribution in [3.63, 3.8) is 0 Å². The van der Waals surface area contributed by atoms with Crippen LogP contribution in [0.25, 0.3) is 0 Å². The molecular weight excluding hydrogens is 240 g/mol. The van der Waals surface area contributed by atoms with E-state index >= 15 is 0 Å². The Morgan fingerprint density at radius 1 is 1.37 bits per heavy atom. The number of hydrogen-bond donors (Lipinski definition) is 1. The van der Waals surface area contributed by atoms with Crippen LogP contribution in [0.3, 0.4) is 0 Å². The first-order chi connectivity index (χ1) is 9.20. The van der Waals surface area contributed by atoms with Gasteiger partial charge in [-0.15, -0.1) is 0 Å². The highest BCUT2D eigenvalue weighted by molar-refractivity contribution is 6.04. The number of rotatable bonds is 4. The summed E-state index contributed by atoms with van der Waals surface area (Å²) in [7, 11) is 0. The van der Waals surface area contributed by atoms with Crippen LogP contribution in [0.2, 0.25) is 0 Å². The third-order valence-electron chi connectivity index (χ3n) is 2.66. The Hall–Kier alpha value is -2.36. The number of aromatic nitrogens is 1. The maximum absolute atomic E-state index is 12.0. The SMILES string of the molecule is CCOc1ccc(NC(=O)c2cccnc2)cc1C. The van der Waals surface area contributed by atoms with Gasteiger partial charge in [0.05, 0.1) is 12.2 Å². The van der Waals surface area contributed by atoms with Gasteiger partial charge in [0, 0.05) is 18.1 Å². The fourth-order valence-corrected chi connectivity index (χ4v) is 1.74. The Kier molecular flexibility index (Phi) is 4.13. The zero-order valence-electron chi connectivity index (χ0n) is 11.0. The van der Waals surface area contributed by atoms with E-state index in [0.29, 0.717) is 12.2 Å². The average molecular weight is 256 g/mol. The number of hydrogen-bond acceptors (Lipinski definition) is 3. The number of ether oxygens (including phenoxy) is 1. The van der Waals surface area contributed by atoms with Crippen molar-refractivity contribution >= 4 is 11.6 Å². The molecule has 0 fully saturated rings. The number of pyridine rings is 1. The molecule has 4 nitrogen and oxygen atoms in total. The molecule has 0 atom stereocenters. The molecule has 2 rings (SSSR count). The molecule has 0 spiro atoms. The monoisotopic (exact) mass is 256 g/mol. The van der Waals surface area contributed by atoms with Crippen LogP contribution in [-0.2, 0) is 0 Å². The van der Waals surface area contributed by atoms with Crippen LogP contribution in [0, 0.1) is 6.92 Å². The van der Waals surface area contributed by atoms with E-state index < -0.39 is 0 Å². The summed E-state index contributed by atoms with van der Waals surface area (Å²) in [6.07, 6.45) is 3.18. The fourth-order valence-electron chi connectivity index (χ4n) is 1.74. The third kappa shape index (κ3) is 3.31. The first kappa shape index (κ1) is 13.1. The molecule has 4 heteroatoms. The lowest BCUT2D eigenvalue weighted by molar-refractivity contribution is 0.102. The minimum Gasteiger partial charge on any atom is -0.494 e. The second kappa shape index (κ2) is 6.00. The zero-order valence-corrected chi connectivity index (χ0v) is 11.0. The van der Waals surface area contributed by atoms with Crippen LogP contribution in [0.5, 0.6) is 5.75 Å². The van der Waals surface area contributed by atoms with Crippen LogP contribution in [0.15, 0.2) is 42.7 Å². The van der Waals surface area contributed by atoms with Crippen molar-refractivity contribution in [3.05, 3.63) is 53.9 Å². The number of benzene rings is 1. The van der Waals surface area contributed by atoms with E-state index in [2.05, 4.69) is 10.3 Å². The molecule has 0 radical (unpaired) electrons. The van der Waals surface area contributed by atoms with Gasteiger partial charge < -0.3 is 10.1 Å². The highest BCUT2D eigenvalue weighted by Crippen LogP contribution is 2.22. The molecule has 0 saturated carbocycles. The standard InChI is InChI=1S/C15H16N2O2/c1-3-19-14-7-6-13(9-11(14)2)17-15(18)12-5-4-8-16-10-12/h4-10H,3H2,1-2H3,(H,17,18). The molecule has 0 aliphatic heterocycles. The molecule has 98 valence electrons. The largest absolute Gasteiger partial charge is 0.494 e. The molecule has 1 heterocycles. The summed E-state index contributed by atoms with van der Waals surface area (Å²) in [5, 5.41) is 2.83. The van der Waals surface area contributed by atoms with E-state index in [1.807, 2.05) is 32.0 Å². The molecule has 19 heavy (non-hydrogen) atoms. The number of aryl methyl sites for hydroxylation is 1. The summed E-state index contributed by atoms with van der Waals surface area (Å²) < 4.78 is 5.46. The molecule has 2 aromatic rings. The van der Waals surface area contributed by atoms with Crippen LogP contribution in [0.1, 0.15) is 22.8 Å². The number of carbonyl (C=O) groups excluding carboxylic acids is 1. The minimum atomic E-state index is -0.170. The highest BCUT2D eigenvalue weighted by atomic mass is 16.5. The third-order valence-corrected chi connectivity index (χ3v) is 2.66. The normalized spacial score (nSPS) is 10.0. The fraction of sp³-hybridized carbons (Fsp3) is 0.200. The topological polar surface area (TPSA) is 51.2 Å². The van der Waals surface area contributed by atoms with E-state index in [4.69, 9.17) is 4.74 Å². The lowest BCUT2D eigenvalue weighted by Crippen LogP contribution is -2.12. The maximum atomic E-state index is 12.0. The molecule has 1 N–H and O–H groups in total. The maximum Gasteiger partial charge on any atom is 0.257 e. The van der Waals surface area contributed by atoms with Crippen LogP contribution >= 0.6 is 0 Å². The lowest BCUT2D eigenvalue weighted by atomic mass is 10.2. The van der Waals surface area contributed by atoms with Gasteiger partial charge in [-0.05, 0) is 49.7 Å². The summed E-state index contributed by atoms with van der Waals surface area (Å²) in [6, 6.07) is 9.03. The van der Waals surface area contributed by atoms with Crippen molar-refractivity contribution in [3.8, 4) is 5.75 Å². The second-order valence-corrected chi connectivity index (χ2v) is 4.11. The molecule has 1 aromatic heterocycles. The quantitative estimate of drug-likeness (QED) is 0.914. The highest BCUT2D eigenvalue weighted by Gasteiger charge is 2.07. The van der Waals surface area contributed by atoms with Gasteiger partial charge in [-0.3, -0.25) is 9.78 Å². The Morgan fingerprint density at radius 3 is 2.84 bits per heavy atom. The number of nitrogens with zero attached hydrogens (tertiary/aromatic N) is 1. The van der Waals surface area contributed by atoms with Crippen molar-refractivity contribution in [1.29, 1.82) is 0 Å². The van der Waals surface area contributed by atoms with Gasteiger partial charge in [-0.2, -0.15) is 0 Å². The van der Waals surface area contributed by atoms with Gasteiger partial charge in [0.2, 0.25) is 0 Å². The van der Waals surface area contributed by atoms with Crippen molar-refractivity contribution in [2.45, 2.75) is 13.8 Å². The Morgan fingerprint density at radius 2 is 2.21 bits per heavy atom. The minimum absolute atomic E-state index is 0.170. The molecule has 0 aliphatic rings. The molecular formula is C15H16N2O2. The Balaban J connectivity index is 2.12. The number of anilines is 1. The van der Waals surface area contributed by atoms with Crippen molar-refractivity contribution in [2.75, 3.05) is 11.9 Å². The molecule has 0 saturated heterocycles. The van der Waals surface area contributed by atoms with E-state index in [-0.39, 0.29) is 5.91 Å². The first-order valence-corrected chi connectivity index (χ1v) is 6.15. The summed E-state index contributed by atoms with van der Waals surface area (Å²) in [5.41, 5.74) is 2.27. The van der Waals surface area contributed by atoms with Crippen LogP contribution < -0.4 is 10.1 Å². The van der Waals surface area contributed by atoms with Gasteiger partial charge in [0.25, 0.3) is 5.91 Å².